The maximum atomic E-state index is 12.8. The van der Waals surface area contributed by atoms with E-state index in [-0.39, 0.29) is 23.6 Å². The van der Waals surface area contributed by atoms with E-state index in [0.29, 0.717) is 22.5 Å². The summed E-state index contributed by atoms with van der Waals surface area (Å²) >= 11 is 0. The molecule has 1 atom stereocenters. The predicted molar refractivity (Wildman–Crippen MR) is 98.2 cm³/mol. The molecule has 0 fully saturated rings. The molecule has 26 heavy (non-hydrogen) atoms. The van der Waals surface area contributed by atoms with Crippen molar-refractivity contribution in [1.29, 1.82) is 0 Å². The molecule has 2 aromatic heterocycles. The van der Waals surface area contributed by atoms with Crippen LogP contribution in [0.1, 0.15) is 35.8 Å². The molecule has 2 heterocycles. The minimum absolute atomic E-state index is 0.0497. The molecule has 0 saturated carbocycles. The van der Waals surface area contributed by atoms with Gasteiger partial charge in [-0.15, -0.1) is 0 Å². The van der Waals surface area contributed by atoms with E-state index in [9.17, 15) is 9.90 Å². The third-order valence-corrected chi connectivity index (χ3v) is 4.39. The highest BCUT2D eigenvalue weighted by Gasteiger charge is 2.25. The van der Waals surface area contributed by atoms with Crippen LogP contribution in [0, 0.1) is 5.92 Å². The number of aromatic hydroxyl groups is 1. The van der Waals surface area contributed by atoms with Gasteiger partial charge in [0.25, 0.3) is 5.91 Å². The molecule has 0 saturated heterocycles. The first-order valence-electron chi connectivity index (χ1n) is 8.37. The van der Waals surface area contributed by atoms with E-state index < -0.39 is 0 Å². The summed E-state index contributed by atoms with van der Waals surface area (Å²) in [4.78, 5) is 17.0. The summed E-state index contributed by atoms with van der Waals surface area (Å²) < 4.78 is 6.74. The van der Waals surface area contributed by atoms with Crippen LogP contribution < -0.4 is 10.1 Å². The third-order valence-electron chi connectivity index (χ3n) is 4.39. The Kier molecular flexibility index (Phi) is 4.79. The molecule has 1 amide bonds. The zero-order valence-electron chi connectivity index (χ0n) is 15.2. The van der Waals surface area contributed by atoms with Gasteiger partial charge in [0.15, 0.2) is 0 Å². The molecule has 0 aliphatic rings. The van der Waals surface area contributed by atoms with Crippen molar-refractivity contribution < 1.29 is 14.6 Å². The Labute approximate surface area is 151 Å². The number of ether oxygens (including phenoxy) is 1. The first kappa shape index (κ1) is 17.7. The second-order valence-corrected chi connectivity index (χ2v) is 6.46. The van der Waals surface area contributed by atoms with Gasteiger partial charge in [-0.2, -0.15) is 5.10 Å². The third kappa shape index (κ3) is 3.08. The largest absolute Gasteiger partial charge is 0.505 e. The van der Waals surface area contributed by atoms with E-state index in [1.807, 2.05) is 38.1 Å². The maximum Gasteiger partial charge on any atom is 0.258 e. The number of pyridine rings is 1. The molecule has 7 heteroatoms. The Morgan fingerprint density at radius 3 is 2.77 bits per heavy atom. The van der Waals surface area contributed by atoms with E-state index in [4.69, 9.17) is 4.74 Å². The molecule has 136 valence electrons. The van der Waals surface area contributed by atoms with Crippen LogP contribution in [0.3, 0.4) is 0 Å². The number of hydrogen-bond acceptors (Lipinski definition) is 5. The molecular weight excluding hydrogens is 332 g/mol. The number of amides is 1. The first-order valence-corrected chi connectivity index (χ1v) is 8.37. The van der Waals surface area contributed by atoms with E-state index >= 15 is 0 Å². The normalized spacial score (nSPS) is 12.3. The number of carbonyl (C=O) groups excluding carboxylic acids is 1. The van der Waals surface area contributed by atoms with Gasteiger partial charge in [0.2, 0.25) is 5.88 Å². The van der Waals surface area contributed by atoms with Gasteiger partial charge >= 0.3 is 0 Å². The van der Waals surface area contributed by atoms with Gasteiger partial charge in [-0.1, -0.05) is 32.0 Å². The number of rotatable bonds is 5. The van der Waals surface area contributed by atoms with E-state index in [1.165, 1.54) is 18.0 Å². The summed E-state index contributed by atoms with van der Waals surface area (Å²) in [7, 11) is 3.20. The van der Waals surface area contributed by atoms with Crippen molar-refractivity contribution in [1.82, 2.24) is 20.1 Å². The number of aryl methyl sites for hydroxylation is 1. The SMILES string of the molecule is COc1c(C(=O)NC(c2ccc3cccnc3c2O)C(C)C)cnn1C. The van der Waals surface area contributed by atoms with Crippen molar-refractivity contribution in [2.24, 2.45) is 13.0 Å². The van der Waals surface area contributed by atoms with Crippen LogP contribution in [0.4, 0.5) is 0 Å². The average Bonchev–Trinajstić information content (AvgIpc) is 3.01. The Balaban J connectivity index is 1.98. The number of nitrogens with zero attached hydrogens (tertiary/aromatic N) is 3. The number of methoxy groups -OCH3 is 1. The smallest absolute Gasteiger partial charge is 0.258 e. The molecule has 3 rings (SSSR count). The second kappa shape index (κ2) is 7.03. The van der Waals surface area contributed by atoms with Crippen molar-refractivity contribution in [2.45, 2.75) is 19.9 Å². The van der Waals surface area contributed by atoms with Crippen LogP contribution in [-0.2, 0) is 7.05 Å². The molecule has 2 N–H and O–H groups in total. The van der Waals surface area contributed by atoms with Crippen LogP contribution in [-0.4, -0.2) is 32.9 Å². The van der Waals surface area contributed by atoms with Crippen molar-refractivity contribution in [3.05, 3.63) is 47.8 Å². The predicted octanol–water partition coefficient (Wildman–Crippen LogP) is 2.81. The number of nitrogens with one attached hydrogen (secondary N) is 1. The van der Waals surface area contributed by atoms with E-state index in [2.05, 4.69) is 15.4 Å². The van der Waals surface area contributed by atoms with Crippen LogP contribution in [0.5, 0.6) is 11.6 Å². The van der Waals surface area contributed by atoms with Crippen molar-refractivity contribution >= 4 is 16.8 Å². The topological polar surface area (TPSA) is 89.3 Å². The number of benzene rings is 1. The lowest BCUT2D eigenvalue weighted by molar-refractivity contribution is 0.0921. The molecule has 7 nitrogen and oxygen atoms in total. The standard InChI is InChI=1S/C19H22N4O3/c1-11(2)15(22-18(25)14-10-21-23(3)19(14)26-4)13-8-7-12-6-5-9-20-16(12)17(13)24/h5-11,15,24H,1-4H3,(H,22,25). The molecule has 0 bridgehead atoms. The van der Waals surface area contributed by atoms with Crippen LogP contribution in [0.15, 0.2) is 36.7 Å². The fourth-order valence-electron chi connectivity index (χ4n) is 3.04. The number of phenols is 1. The molecule has 0 spiro atoms. The van der Waals surface area contributed by atoms with Gasteiger partial charge < -0.3 is 15.2 Å². The first-order chi connectivity index (χ1) is 12.4. The molecule has 3 aromatic rings. The molecule has 0 radical (unpaired) electrons. The lowest BCUT2D eigenvalue weighted by atomic mass is 9.93. The van der Waals surface area contributed by atoms with E-state index in [0.717, 1.165) is 5.39 Å². The van der Waals surface area contributed by atoms with Gasteiger partial charge in [-0.3, -0.25) is 9.78 Å². The number of carbonyl (C=O) groups is 1. The zero-order chi connectivity index (χ0) is 18.8. The lowest BCUT2D eigenvalue weighted by Gasteiger charge is -2.24. The van der Waals surface area contributed by atoms with Gasteiger partial charge in [-0.05, 0) is 12.0 Å². The van der Waals surface area contributed by atoms with Crippen LogP contribution in [0.2, 0.25) is 0 Å². The maximum absolute atomic E-state index is 12.8. The Morgan fingerprint density at radius 1 is 1.31 bits per heavy atom. The molecular formula is C19H22N4O3. The number of phenolic OH excluding ortho intramolecular Hbond substituents is 1. The number of fused-ring (bicyclic) bond motifs is 1. The minimum atomic E-state index is -0.390. The highest BCUT2D eigenvalue weighted by molar-refractivity contribution is 5.96. The average molecular weight is 354 g/mol. The number of aromatic nitrogens is 3. The molecule has 0 aliphatic heterocycles. The van der Waals surface area contributed by atoms with Gasteiger partial charge in [0, 0.05) is 24.2 Å². The van der Waals surface area contributed by atoms with Crippen molar-refractivity contribution in [3.8, 4) is 11.6 Å². The fraction of sp³-hybridized carbons (Fsp3) is 0.316. The number of hydrogen-bond donors (Lipinski definition) is 2. The highest BCUT2D eigenvalue weighted by atomic mass is 16.5. The van der Waals surface area contributed by atoms with Crippen molar-refractivity contribution in [2.75, 3.05) is 7.11 Å². The minimum Gasteiger partial charge on any atom is -0.505 e. The quantitative estimate of drug-likeness (QED) is 0.735. The summed E-state index contributed by atoms with van der Waals surface area (Å²) in [5.74, 6) is 0.206. The van der Waals surface area contributed by atoms with Gasteiger partial charge in [0.05, 0.1) is 19.3 Å². The summed E-state index contributed by atoms with van der Waals surface area (Å²) in [5, 5.41) is 18.6. The van der Waals surface area contributed by atoms with Crippen LogP contribution >= 0.6 is 0 Å². The Morgan fingerprint density at radius 2 is 2.08 bits per heavy atom. The zero-order valence-corrected chi connectivity index (χ0v) is 15.2. The molecule has 1 unspecified atom stereocenters. The molecule has 0 aliphatic carbocycles. The lowest BCUT2D eigenvalue weighted by Crippen LogP contribution is -2.32. The summed E-state index contributed by atoms with van der Waals surface area (Å²) in [6.07, 6.45) is 3.10. The highest BCUT2D eigenvalue weighted by Crippen LogP contribution is 2.34. The van der Waals surface area contributed by atoms with E-state index in [1.54, 1.807) is 13.2 Å². The summed E-state index contributed by atoms with van der Waals surface area (Å²) in [5.41, 5.74) is 1.49. The fourth-order valence-corrected chi connectivity index (χ4v) is 3.04. The van der Waals surface area contributed by atoms with Gasteiger partial charge in [0.1, 0.15) is 16.8 Å². The van der Waals surface area contributed by atoms with Crippen molar-refractivity contribution in [3.63, 3.8) is 0 Å². The monoisotopic (exact) mass is 354 g/mol. The summed E-state index contributed by atoms with van der Waals surface area (Å²) in [6, 6.07) is 7.03. The summed E-state index contributed by atoms with van der Waals surface area (Å²) in [6.45, 7) is 3.96. The Hall–Kier alpha value is -3.09. The Bertz CT molecular complexity index is 949. The molecule has 1 aromatic carbocycles. The van der Waals surface area contributed by atoms with Crippen LogP contribution in [0.25, 0.3) is 10.9 Å². The second-order valence-electron chi connectivity index (χ2n) is 6.46. The van der Waals surface area contributed by atoms with Gasteiger partial charge in [-0.25, -0.2) is 4.68 Å².